The molecule has 3 rings (SSSR count). The van der Waals surface area contributed by atoms with Gasteiger partial charge in [-0.25, -0.2) is 4.39 Å². The largest absolute Gasteiger partial charge is 0.488 e. The fourth-order valence-electron chi connectivity index (χ4n) is 3.10. The lowest BCUT2D eigenvalue weighted by Crippen LogP contribution is -3.16. The standard InChI is InChI=1S/C19H22ClFN2O2/c20-15-4-3-5-16(12-15)23-10-8-22(9-11-23)13-17(24)14-25-19-7-2-1-6-18(19)21/h1-7,12,17,24H,8-11,13-14H2/p+1/t17-/m1/s1. The summed E-state index contributed by atoms with van der Waals surface area (Å²) in [6, 6.07) is 14.1. The van der Waals surface area contributed by atoms with Crippen LogP contribution in [0.5, 0.6) is 5.75 Å². The van der Waals surface area contributed by atoms with Crippen molar-refractivity contribution in [3.63, 3.8) is 0 Å². The first-order valence-corrected chi connectivity index (χ1v) is 8.89. The van der Waals surface area contributed by atoms with Gasteiger partial charge in [-0.2, -0.15) is 0 Å². The SMILES string of the molecule is O[C@@H](COc1ccccc1F)C[NH+]1CCN(c2cccc(Cl)c2)CC1. The molecule has 0 radical (unpaired) electrons. The van der Waals surface area contributed by atoms with Gasteiger partial charge in [0.25, 0.3) is 0 Å². The third-order valence-corrected chi connectivity index (χ3v) is 4.67. The fraction of sp³-hybridized carbons (Fsp3) is 0.368. The highest BCUT2D eigenvalue weighted by Crippen LogP contribution is 2.19. The number of nitrogens with zero attached hydrogens (tertiary/aromatic N) is 1. The fourth-order valence-corrected chi connectivity index (χ4v) is 3.28. The number of nitrogens with one attached hydrogen (secondary N) is 1. The summed E-state index contributed by atoms with van der Waals surface area (Å²) >= 11 is 6.05. The van der Waals surface area contributed by atoms with Crippen LogP contribution in [0.3, 0.4) is 0 Å². The number of halogens is 2. The zero-order chi connectivity index (χ0) is 17.6. The van der Waals surface area contributed by atoms with Gasteiger partial charge in [0.15, 0.2) is 11.6 Å². The molecule has 1 aliphatic rings. The Labute approximate surface area is 152 Å². The van der Waals surface area contributed by atoms with Crippen molar-refractivity contribution in [1.29, 1.82) is 0 Å². The predicted molar refractivity (Wildman–Crippen MR) is 97.1 cm³/mol. The minimum Gasteiger partial charge on any atom is -0.488 e. The third kappa shape index (κ3) is 5.08. The Kier molecular flexibility index (Phi) is 6.13. The zero-order valence-corrected chi connectivity index (χ0v) is 14.8. The van der Waals surface area contributed by atoms with Gasteiger partial charge in [-0.3, -0.25) is 0 Å². The van der Waals surface area contributed by atoms with Crippen molar-refractivity contribution in [2.45, 2.75) is 6.10 Å². The van der Waals surface area contributed by atoms with E-state index in [-0.39, 0.29) is 12.4 Å². The summed E-state index contributed by atoms with van der Waals surface area (Å²) in [6.45, 7) is 4.39. The summed E-state index contributed by atoms with van der Waals surface area (Å²) in [5.74, 6) is -0.223. The first kappa shape index (κ1) is 18.0. The van der Waals surface area contributed by atoms with Crippen LogP contribution in [0.2, 0.25) is 5.02 Å². The van der Waals surface area contributed by atoms with Gasteiger partial charge in [0.1, 0.15) is 19.3 Å². The number of hydrogen-bond donors (Lipinski definition) is 2. The molecule has 0 unspecified atom stereocenters. The van der Waals surface area contributed by atoms with E-state index in [2.05, 4.69) is 11.0 Å². The third-order valence-electron chi connectivity index (χ3n) is 4.44. The van der Waals surface area contributed by atoms with E-state index >= 15 is 0 Å². The summed E-state index contributed by atoms with van der Waals surface area (Å²) in [4.78, 5) is 3.63. The molecular formula is C19H23ClFN2O2+. The number of ether oxygens (including phenoxy) is 1. The van der Waals surface area contributed by atoms with Crippen LogP contribution in [-0.4, -0.2) is 50.5 Å². The molecule has 2 N–H and O–H groups in total. The second-order valence-corrected chi connectivity index (χ2v) is 6.75. The smallest absolute Gasteiger partial charge is 0.165 e. The van der Waals surface area contributed by atoms with Crippen molar-refractivity contribution in [2.24, 2.45) is 0 Å². The van der Waals surface area contributed by atoms with Crippen LogP contribution >= 0.6 is 11.6 Å². The average Bonchev–Trinajstić information content (AvgIpc) is 2.62. The maximum Gasteiger partial charge on any atom is 0.165 e. The number of para-hydroxylation sites is 1. The highest BCUT2D eigenvalue weighted by atomic mass is 35.5. The molecule has 0 bridgehead atoms. The quantitative estimate of drug-likeness (QED) is 0.817. The van der Waals surface area contributed by atoms with Crippen LogP contribution in [0.15, 0.2) is 48.5 Å². The number of anilines is 1. The molecule has 0 amide bonds. The van der Waals surface area contributed by atoms with Crippen molar-refractivity contribution >= 4 is 17.3 Å². The number of benzene rings is 2. The van der Waals surface area contributed by atoms with Crippen LogP contribution in [-0.2, 0) is 0 Å². The van der Waals surface area contributed by atoms with Gasteiger partial charge < -0.3 is 19.6 Å². The molecule has 1 atom stereocenters. The van der Waals surface area contributed by atoms with Crippen molar-refractivity contribution < 1.29 is 19.1 Å². The maximum absolute atomic E-state index is 13.5. The van der Waals surface area contributed by atoms with E-state index in [1.54, 1.807) is 18.2 Å². The van der Waals surface area contributed by atoms with Crippen molar-refractivity contribution in [3.05, 3.63) is 59.4 Å². The molecule has 2 aromatic rings. The zero-order valence-electron chi connectivity index (χ0n) is 14.0. The van der Waals surface area contributed by atoms with Gasteiger partial charge in [0, 0.05) is 10.7 Å². The Bertz CT molecular complexity index is 693. The lowest BCUT2D eigenvalue weighted by atomic mass is 10.2. The highest BCUT2D eigenvalue weighted by molar-refractivity contribution is 6.30. The minimum absolute atomic E-state index is 0.0996. The Morgan fingerprint density at radius 2 is 1.92 bits per heavy atom. The number of quaternary nitrogens is 1. The van der Waals surface area contributed by atoms with E-state index in [1.165, 1.54) is 11.0 Å². The Morgan fingerprint density at radius 1 is 1.16 bits per heavy atom. The summed E-state index contributed by atoms with van der Waals surface area (Å²) in [6.07, 6.45) is -0.618. The Morgan fingerprint density at radius 3 is 2.64 bits per heavy atom. The number of rotatable bonds is 6. The normalized spacial score (nSPS) is 16.7. The van der Waals surface area contributed by atoms with E-state index in [1.807, 2.05) is 18.2 Å². The molecule has 1 fully saturated rings. The predicted octanol–water partition coefficient (Wildman–Crippen LogP) is 1.62. The second-order valence-electron chi connectivity index (χ2n) is 6.32. The van der Waals surface area contributed by atoms with E-state index < -0.39 is 11.9 Å². The number of piperazine rings is 1. The van der Waals surface area contributed by atoms with Crippen LogP contribution in [0.4, 0.5) is 10.1 Å². The summed E-state index contributed by atoms with van der Waals surface area (Å²) in [7, 11) is 0. The highest BCUT2D eigenvalue weighted by Gasteiger charge is 2.23. The van der Waals surface area contributed by atoms with Crippen LogP contribution in [0.1, 0.15) is 0 Å². The summed E-state index contributed by atoms with van der Waals surface area (Å²) < 4.78 is 18.9. The first-order valence-electron chi connectivity index (χ1n) is 8.51. The van der Waals surface area contributed by atoms with Gasteiger partial charge in [0.2, 0.25) is 0 Å². The van der Waals surface area contributed by atoms with E-state index in [4.69, 9.17) is 16.3 Å². The lowest BCUT2D eigenvalue weighted by Gasteiger charge is -2.34. The molecule has 0 aliphatic carbocycles. The van der Waals surface area contributed by atoms with Crippen molar-refractivity contribution in [2.75, 3.05) is 44.2 Å². The second kappa shape index (κ2) is 8.52. The number of hydrogen-bond acceptors (Lipinski definition) is 3. The van der Waals surface area contributed by atoms with E-state index in [0.717, 1.165) is 36.9 Å². The molecule has 25 heavy (non-hydrogen) atoms. The molecule has 1 saturated heterocycles. The van der Waals surface area contributed by atoms with Crippen LogP contribution < -0.4 is 14.5 Å². The molecule has 1 heterocycles. The molecule has 2 aromatic carbocycles. The minimum atomic E-state index is -0.618. The monoisotopic (exact) mass is 365 g/mol. The molecule has 0 spiro atoms. The van der Waals surface area contributed by atoms with Gasteiger partial charge >= 0.3 is 0 Å². The van der Waals surface area contributed by atoms with Gasteiger partial charge in [-0.05, 0) is 30.3 Å². The first-order chi connectivity index (χ1) is 12.1. The number of aliphatic hydroxyl groups excluding tert-OH is 1. The van der Waals surface area contributed by atoms with Crippen LogP contribution in [0.25, 0.3) is 0 Å². The van der Waals surface area contributed by atoms with Crippen molar-refractivity contribution in [1.82, 2.24) is 0 Å². The Hall–Kier alpha value is -1.82. The topological polar surface area (TPSA) is 37.1 Å². The van der Waals surface area contributed by atoms with E-state index in [9.17, 15) is 9.50 Å². The van der Waals surface area contributed by atoms with Gasteiger partial charge in [-0.15, -0.1) is 0 Å². The maximum atomic E-state index is 13.5. The molecule has 0 aromatic heterocycles. The summed E-state index contributed by atoms with van der Waals surface area (Å²) in [5.41, 5.74) is 1.13. The van der Waals surface area contributed by atoms with Crippen molar-refractivity contribution in [3.8, 4) is 5.75 Å². The molecule has 6 heteroatoms. The molecular weight excluding hydrogens is 343 g/mol. The molecule has 1 aliphatic heterocycles. The van der Waals surface area contributed by atoms with E-state index in [0.29, 0.717) is 6.54 Å². The average molecular weight is 366 g/mol. The number of aliphatic hydroxyl groups is 1. The molecule has 134 valence electrons. The molecule has 4 nitrogen and oxygen atoms in total. The Balaban J connectivity index is 1.43. The van der Waals surface area contributed by atoms with Gasteiger partial charge in [-0.1, -0.05) is 29.8 Å². The lowest BCUT2D eigenvalue weighted by molar-refractivity contribution is -0.903. The van der Waals surface area contributed by atoms with Crippen LogP contribution in [0, 0.1) is 5.82 Å². The van der Waals surface area contributed by atoms with Gasteiger partial charge in [0.05, 0.1) is 26.2 Å². The summed E-state index contributed by atoms with van der Waals surface area (Å²) in [5, 5.41) is 10.9. The molecule has 0 saturated carbocycles.